The van der Waals surface area contributed by atoms with Crippen LogP contribution in [0.1, 0.15) is 62.3 Å². The molecule has 2 aliphatic carbocycles. The lowest BCUT2D eigenvalue weighted by Crippen LogP contribution is -2.45. The Hall–Kier alpha value is -1.97. The number of carbonyl (C=O) groups is 1. The third kappa shape index (κ3) is 7.02. The van der Waals surface area contributed by atoms with Crippen LogP contribution in [0.5, 0.6) is 0 Å². The number of nitrogens with zero attached hydrogens (tertiary/aromatic N) is 2. The maximum atomic E-state index is 12.2. The number of aromatic nitrogens is 2. The monoisotopic (exact) mass is 503 g/mol. The third-order valence-corrected chi connectivity index (χ3v) is 5.92. The van der Waals surface area contributed by atoms with Gasteiger partial charge in [-0.15, -0.1) is 36.5 Å². The zero-order valence-electron chi connectivity index (χ0n) is 17.7. The van der Waals surface area contributed by atoms with Gasteiger partial charge in [-0.05, 0) is 25.7 Å². The van der Waals surface area contributed by atoms with Gasteiger partial charge in [0, 0.05) is 18.8 Å². The summed E-state index contributed by atoms with van der Waals surface area (Å²) < 4.78 is 97.3. The first-order valence-electron chi connectivity index (χ1n) is 10.8. The summed E-state index contributed by atoms with van der Waals surface area (Å²) in [4.78, 5) is 12.0. The van der Waals surface area contributed by atoms with Crippen molar-refractivity contribution >= 4 is 5.91 Å². The first-order chi connectivity index (χ1) is 15.9. The number of nitrogens with one attached hydrogen (secondary N) is 1. The predicted molar refractivity (Wildman–Crippen MR) is 97.0 cm³/mol. The molecule has 4 rings (SSSR count). The number of ether oxygens (including phenoxy) is 4. The van der Waals surface area contributed by atoms with E-state index >= 15 is 0 Å². The molecule has 1 aliphatic heterocycles. The van der Waals surface area contributed by atoms with Crippen LogP contribution in [0.15, 0.2) is 4.42 Å². The number of hydrogen-bond donors (Lipinski definition) is 1. The van der Waals surface area contributed by atoms with E-state index in [1.807, 2.05) is 0 Å². The number of carbonyl (C=O) groups excluding carboxylic acids is 1. The molecule has 1 aromatic rings. The van der Waals surface area contributed by atoms with E-state index < -0.39 is 43.0 Å². The average molecular weight is 503 g/mol. The van der Waals surface area contributed by atoms with Gasteiger partial charge < -0.3 is 19.2 Å². The minimum absolute atomic E-state index is 0.0735. The third-order valence-electron chi connectivity index (χ3n) is 5.92. The minimum atomic E-state index is -4.68. The Bertz CT molecular complexity index is 829. The Morgan fingerprint density at radius 3 is 2.12 bits per heavy atom. The largest absolute Gasteiger partial charge is 0.522 e. The van der Waals surface area contributed by atoms with E-state index in [1.54, 1.807) is 0 Å². The van der Waals surface area contributed by atoms with Gasteiger partial charge in [0.1, 0.15) is 12.7 Å². The Balaban J connectivity index is 1.11. The average Bonchev–Trinajstić information content (AvgIpc) is 3.14. The summed E-state index contributed by atoms with van der Waals surface area (Å²) in [5.41, 5.74) is 0. The van der Waals surface area contributed by atoms with Crippen molar-refractivity contribution in [2.24, 2.45) is 0 Å². The van der Waals surface area contributed by atoms with E-state index in [4.69, 9.17) is 13.9 Å². The molecule has 3 fully saturated rings. The molecule has 1 N–H and O–H groups in total. The van der Waals surface area contributed by atoms with Gasteiger partial charge in [-0.1, -0.05) is 0 Å². The molecular weight excluding hydrogens is 480 g/mol. The highest BCUT2D eigenvalue weighted by atomic mass is 19.4. The van der Waals surface area contributed by atoms with Crippen LogP contribution in [0, 0.1) is 0 Å². The van der Waals surface area contributed by atoms with Crippen LogP contribution in [0.25, 0.3) is 0 Å². The molecule has 1 saturated heterocycles. The second-order valence-corrected chi connectivity index (χ2v) is 8.59. The molecule has 2 saturated carbocycles. The Morgan fingerprint density at radius 1 is 0.912 bits per heavy atom. The summed E-state index contributed by atoms with van der Waals surface area (Å²) in [7, 11) is 0. The number of amides is 1. The fraction of sp³-hybridized carbons (Fsp3) is 0.842. The maximum Gasteiger partial charge on any atom is 0.522 e. The van der Waals surface area contributed by atoms with E-state index in [-0.39, 0.29) is 62.6 Å². The van der Waals surface area contributed by atoms with Crippen molar-refractivity contribution in [3.05, 3.63) is 11.8 Å². The predicted octanol–water partition coefficient (Wildman–Crippen LogP) is 3.27. The van der Waals surface area contributed by atoms with Crippen LogP contribution in [0.2, 0.25) is 0 Å². The summed E-state index contributed by atoms with van der Waals surface area (Å²) in [5, 5.41) is 10.6. The second-order valence-electron chi connectivity index (χ2n) is 8.59. The van der Waals surface area contributed by atoms with Gasteiger partial charge in [-0.2, -0.15) is 0 Å². The van der Waals surface area contributed by atoms with E-state index in [9.17, 15) is 31.1 Å². The lowest BCUT2D eigenvalue weighted by Gasteiger charge is -2.35. The molecule has 9 nitrogen and oxygen atoms in total. The summed E-state index contributed by atoms with van der Waals surface area (Å²) in [6.45, 7) is -0.110. The first kappa shape index (κ1) is 25.1. The van der Waals surface area contributed by atoms with Crippen LogP contribution in [-0.2, 0) is 23.7 Å². The highest BCUT2D eigenvalue weighted by molar-refractivity contribution is 5.77. The van der Waals surface area contributed by atoms with Crippen molar-refractivity contribution < 1.29 is 54.5 Å². The lowest BCUT2D eigenvalue weighted by atomic mass is 9.82. The van der Waals surface area contributed by atoms with Crippen LogP contribution < -0.4 is 5.32 Å². The molecule has 2 atom stereocenters. The molecule has 0 aromatic carbocycles. The van der Waals surface area contributed by atoms with Gasteiger partial charge in [0.2, 0.25) is 17.7 Å². The molecule has 192 valence electrons. The molecule has 0 spiro atoms. The van der Waals surface area contributed by atoms with Gasteiger partial charge in [-0.3, -0.25) is 14.3 Å². The Labute approximate surface area is 189 Å². The van der Waals surface area contributed by atoms with Crippen LogP contribution in [0.3, 0.4) is 0 Å². The minimum Gasteiger partial charge on any atom is -0.422 e. The quantitative estimate of drug-likeness (QED) is 0.539. The van der Waals surface area contributed by atoms with Crippen molar-refractivity contribution in [2.45, 2.75) is 87.6 Å². The SMILES string of the molecule is O=C(CO[C@H]1C[C@@H](OC(F)(F)F)C1)N[C@@H]1CC[C@@H](c2nnc([C@H]3C[C@@H](OC(F)(F)F)C3)o2)OC1. The standard InChI is InChI=1S/C19H23F6N3O6/c20-18(21,22)33-12-3-9(4-12)16-27-28-17(32-16)14-2-1-10(7-31-14)26-15(29)8-30-11-5-13(6-11)34-19(23,24)25/h9-14H,1-8H2,(H,26,29)/t9-,10-,11-,12+,13+,14+/m1/s1. The zero-order chi connectivity index (χ0) is 24.5. The molecule has 2 heterocycles. The molecule has 15 heteroatoms. The number of halogens is 6. The number of alkyl halides is 6. The van der Waals surface area contributed by atoms with Crippen LogP contribution >= 0.6 is 0 Å². The summed E-state index contributed by atoms with van der Waals surface area (Å²) in [6, 6.07) is -0.288. The lowest BCUT2D eigenvalue weighted by molar-refractivity contribution is -0.357. The van der Waals surface area contributed by atoms with Crippen molar-refractivity contribution in [3.63, 3.8) is 0 Å². The normalized spacial score (nSPS) is 32.1. The fourth-order valence-corrected chi connectivity index (χ4v) is 4.06. The fourth-order valence-electron chi connectivity index (χ4n) is 4.06. The summed E-state index contributed by atoms with van der Waals surface area (Å²) in [5.74, 6) is -0.237. The summed E-state index contributed by atoms with van der Waals surface area (Å²) >= 11 is 0. The van der Waals surface area contributed by atoms with E-state index in [1.165, 1.54) is 0 Å². The van der Waals surface area contributed by atoms with Gasteiger partial charge in [-0.25, -0.2) is 0 Å². The van der Waals surface area contributed by atoms with Gasteiger partial charge in [0.05, 0.1) is 31.0 Å². The smallest absolute Gasteiger partial charge is 0.422 e. The molecule has 1 amide bonds. The molecule has 0 unspecified atom stereocenters. The van der Waals surface area contributed by atoms with Crippen molar-refractivity contribution in [3.8, 4) is 0 Å². The molecule has 0 radical (unpaired) electrons. The maximum absolute atomic E-state index is 12.2. The second kappa shape index (κ2) is 9.95. The highest BCUT2D eigenvalue weighted by Gasteiger charge is 2.43. The molecule has 34 heavy (non-hydrogen) atoms. The first-order valence-corrected chi connectivity index (χ1v) is 10.8. The highest BCUT2D eigenvalue weighted by Crippen LogP contribution is 2.41. The molecule has 0 bridgehead atoms. The van der Waals surface area contributed by atoms with Crippen molar-refractivity contribution in [1.29, 1.82) is 0 Å². The molecule has 3 aliphatic rings. The van der Waals surface area contributed by atoms with E-state index in [0.717, 1.165) is 0 Å². The molecule has 1 aromatic heterocycles. The van der Waals surface area contributed by atoms with Gasteiger partial charge in [0.25, 0.3) is 0 Å². The van der Waals surface area contributed by atoms with Crippen molar-refractivity contribution in [2.75, 3.05) is 13.2 Å². The van der Waals surface area contributed by atoms with Crippen molar-refractivity contribution in [1.82, 2.24) is 15.5 Å². The Morgan fingerprint density at radius 2 is 1.53 bits per heavy atom. The number of hydrogen-bond acceptors (Lipinski definition) is 8. The van der Waals surface area contributed by atoms with Gasteiger partial charge >= 0.3 is 12.7 Å². The van der Waals surface area contributed by atoms with Crippen LogP contribution in [-0.4, -0.2) is 66.4 Å². The van der Waals surface area contributed by atoms with Gasteiger partial charge in [0.15, 0.2) is 0 Å². The summed E-state index contributed by atoms with van der Waals surface area (Å²) in [6.07, 6.45) is -10.7. The van der Waals surface area contributed by atoms with E-state index in [2.05, 4.69) is 25.0 Å². The van der Waals surface area contributed by atoms with E-state index in [0.29, 0.717) is 12.8 Å². The molecular formula is C19H23F6N3O6. The zero-order valence-corrected chi connectivity index (χ0v) is 17.7. The van der Waals surface area contributed by atoms with Crippen LogP contribution in [0.4, 0.5) is 26.3 Å². The number of rotatable bonds is 8. The topological polar surface area (TPSA) is 105 Å². The Kier molecular flexibility index (Phi) is 7.36.